The Morgan fingerprint density at radius 2 is 2.06 bits per heavy atom. The number of rotatable bonds is 7. The van der Waals surface area contributed by atoms with Crippen LogP contribution in [0.15, 0.2) is 0 Å². The molecule has 0 saturated heterocycles. The predicted octanol–water partition coefficient (Wildman–Crippen LogP) is -0.0105. The molecule has 5 heteroatoms. The monoisotopic (exact) mass is 230 g/mol. The zero-order chi connectivity index (χ0) is 12.6. The first kappa shape index (κ1) is 14.9. The molecule has 0 heterocycles. The number of aliphatic hydroxyl groups excluding tert-OH is 1. The van der Waals surface area contributed by atoms with Crippen molar-refractivity contribution in [1.29, 1.82) is 0 Å². The van der Waals surface area contributed by atoms with Crippen LogP contribution in [0.1, 0.15) is 26.7 Å². The summed E-state index contributed by atoms with van der Waals surface area (Å²) in [5, 5.41) is 11.5. The average Bonchev–Trinajstić information content (AvgIpc) is 2.23. The largest absolute Gasteiger partial charge is 0.396 e. The van der Waals surface area contributed by atoms with Gasteiger partial charge in [0.15, 0.2) is 0 Å². The van der Waals surface area contributed by atoms with Gasteiger partial charge in [-0.2, -0.15) is 0 Å². The molecule has 0 aliphatic rings. The van der Waals surface area contributed by atoms with E-state index in [-0.39, 0.29) is 25.0 Å². The van der Waals surface area contributed by atoms with Gasteiger partial charge in [0.1, 0.15) is 0 Å². The molecule has 2 N–H and O–H groups in total. The maximum Gasteiger partial charge on any atom is 0.239 e. The highest BCUT2D eigenvalue weighted by atomic mass is 16.3. The molecule has 0 spiro atoms. The Kier molecular flexibility index (Phi) is 7.54. The second-order valence-electron chi connectivity index (χ2n) is 3.97. The van der Waals surface area contributed by atoms with E-state index in [2.05, 4.69) is 5.32 Å². The zero-order valence-electron chi connectivity index (χ0n) is 10.3. The van der Waals surface area contributed by atoms with Crippen LogP contribution < -0.4 is 5.32 Å². The maximum absolute atomic E-state index is 11.4. The second kappa shape index (κ2) is 8.10. The van der Waals surface area contributed by atoms with E-state index < -0.39 is 0 Å². The summed E-state index contributed by atoms with van der Waals surface area (Å²) in [6.45, 7) is 4.23. The normalized spacial score (nSPS) is 12.0. The number of carbonyl (C=O) groups is 2. The van der Waals surface area contributed by atoms with Crippen molar-refractivity contribution in [2.45, 2.75) is 26.7 Å². The summed E-state index contributed by atoms with van der Waals surface area (Å²) < 4.78 is 0. The Balaban J connectivity index is 3.83. The predicted molar refractivity (Wildman–Crippen MR) is 61.8 cm³/mol. The lowest BCUT2D eigenvalue weighted by Gasteiger charge is -2.17. The van der Waals surface area contributed by atoms with Crippen LogP contribution in [-0.2, 0) is 9.59 Å². The Labute approximate surface area is 96.8 Å². The molecule has 94 valence electrons. The van der Waals surface area contributed by atoms with E-state index in [9.17, 15) is 9.59 Å². The molecule has 0 fully saturated rings. The van der Waals surface area contributed by atoms with Crippen molar-refractivity contribution in [3.63, 3.8) is 0 Å². The van der Waals surface area contributed by atoms with Gasteiger partial charge in [0.05, 0.1) is 6.54 Å². The molecular formula is C11H22N2O3. The third-order valence-corrected chi connectivity index (χ3v) is 2.62. The van der Waals surface area contributed by atoms with Gasteiger partial charge >= 0.3 is 0 Å². The molecule has 0 aromatic rings. The van der Waals surface area contributed by atoms with Crippen LogP contribution in [0.25, 0.3) is 0 Å². The topological polar surface area (TPSA) is 69.6 Å². The van der Waals surface area contributed by atoms with Crippen LogP contribution in [0.4, 0.5) is 0 Å². The van der Waals surface area contributed by atoms with Crippen LogP contribution >= 0.6 is 0 Å². The van der Waals surface area contributed by atoms with E-state index in [1.807, 2.05) is 6.92 Å². The summed E-state index contributed by atoms with van der Waals surface area (Å²) in [7, 11) is 1.59. The van der Waals surface area contributed by atoms with Crippen LogP contribution in [0.3, 0.4) is 0 Å². The van der Waals surface area contributed by atoms with Crippen LogP contribution in [0.5, 0.6) is 0 Å². The summed E-state index contributed by atoms with van der Waals surface area (Å²) in [4.78, 5) is 23.7. The number of hydrogen-bond acceptors (Lipinski definition) is 3. The minimum absolute atomic E-state index is 0.0882. The van der Waals surface area contributed by atoms with Gasteiger partial charge in [-0.1, -0.05) is 13.3 Å². The van der Waals surface area contributed by atoms with E-state index in [4.69, 9.17) is 5.11 Å². The number of aliphatic hydroxyl groups is 1. The Morgan fingerprint density at radius 3 is 2.50 bits per heavy atom. The highest BCUT2D eigenvalue weighted by molar-refractivity contribution is 5.83. The summed E-state index contributed by atoms with van der Waals surface area (Å²) in [6.07, 6.45) is 1.61. The molecule has 0 saturated carbocycles. The summed E-state index contributed by atoms with van der Waals surface area (Å²) in [5.74, 6) is 0.0169. The number of nitrogens with one attached hydrogen (secondary N) is 1. The van der Waals surface area contributed by atoms with Crippen LogP contribution in [0, 0.1) is 5.92 Å². The first-order valence-corrected chi connectivity index (χ1v) is 5.60. The van der Waals surface area contributed by atoms with Crippen molar-refractivity contribution in [1.82, 2.24) is 10.2 Å². The molecule has 0 aromatic carbocycles. The van der Waals surface area contributed by atoms with E-state index >= 15 is 0 Å². The highest BCUT2D eigenvalue weighted by Crippen LogP contribution is 2.05. The van der Waals surface area contributed by atoms with E-state index in [0.29, 0.717) is 18.9 Å². The van der Waals surface area contributed by atoms with Gasteiger partial charge in [-0.15, -0.1) is 0 Å². The highest BCUT2D eigenvalue weighted by Gasteiger charge is 2.11. The fraction of sp³-hybridized carbons (Fsp3) is 0.818. The summed E-state index contributed by atoms with van der Waals surface area (Å²) in [6, 6.07) is 0. The van der Waals surface area contributed by atoms with Gasteiger partial charge < -0.3 is 15.3 Å². The van der Waals surface area contributed by atoms with Gasteiger partial charge in [0, 0.05) is 27.1 Å². The van der Waals surface area contributed by atoms with E-state index in [0.717, 1.165) is 6.42 Å². The Hall–Kier alpha value is -1.10. The standard InChI is InChI=1S/C11H22N2O3/c1-4-10(5-6-14)7-12-11(16)8-13(3)9(2)15/h10,14H,4-8H2,1-3H3,(H,12,16). The maximum atomic E-state index is 11.4. The molecule has 0 bridgehead atoms. The molecule has 0 aromatic heterocycles. The van der Waals surface area contributed by atoms with Crippen molar-refractivity contribution in [3.05, 3.63) is 0 Å². The van der Waals surface area contributed by atoms with Gasteiger partial charge in [-0.3, -0.25) is 9.59 Å². The van der Waals surface area contributed by atoms with Crippen molar-refractivity contribution in [2.75, 3.05) is 26.7 Å². The molecule has 16 heavy (non-hydrogen) atoms. The van der Waals surface area contributed by atoms with E-state index in [1.165, 1.54) is 11.8 Å². The van der Waals surface area contributed by atoms with Gasteiger partial charge in [0.2, 0.25) is 11.8 Å². The molecule has 2 amide bonds. The van der Waals surface area contributed by atoms with E-state index in [1.54, 1.807) is 7.05 Å². The van der Waals surface area contributed by atoms with Gasteiger partial charge in [-0.25, -0.2) is 0 Å². The fourth-order valence-corrected chi connectivity index (χ4v) is 1.27. The molecule has 5 nitrogen and oxygen atoms in total. The van der Waals surface area contributed by atoms with Crippen LogP contribution in [0.2, 0.25) is 0 Å². The zero-order valence-corrected chi connectivity index (χ0v) is 10.3. The minimum atomic E-state index is -0.158. The molecule has 1 atom stereocenters. The quantitative estimate of drug-likeness (QED) is 0.646. The SMILES string of the molecule is CCC(CCO)CNC(=O)CN(C)C(C)=O. The molecule has 0 aliphatic heterocycles. The first-order valence-electron chi connectivity index (χ1n) is 5.60. The number of carbonyl (C=O) groups excluding carboxylic acids is 2. The molecule has 0 aliphatic carbocycles. The van der Waals surface area contributed by atoms with Crippen LogP contribution in [-0.4, -0.2) is 48.6 Å². The molecule has 0 rings (SSSR count). The Bertz CT molecular complexity index is 231. The fourth-order valence-electron chi connectivity index (χ4n) is 1.27. The van der Waals surface area contributed by atoms with Gasteiger partial charge in [-0.05, 0) is 12.3 Å². The average molecular weight is 230 g/mol. The number of amides is 2. The van der Waals surface area contributed by atoms with Crippen molar-refractivity contribution < 1.29 is 14.7 Å². The summed E-state index contributed by atoms with van der Waals surface area (Å²) >= 11 is 0. The lowest BCUT2D eigenvalue weighted by molar-refractivity contribution is -0.133. The number of hydrogen-bond donors (Lipinski definition) is 2. The summed E-state index contributed by atoms with van der Waals surface area (Å²) in [5.41, 5.74) is 0. The number of nitrogens with zero attached hydrogens (tertiary/aromatic N) is 1. The van der Waals surface area contributed by atoms with Crippen molar-refractivity contribution in [2.24, 2.45) is 5.92 Å². The smallest absolute Gasteiger partial charge is 0.239 e. The first-order chi connectivity index (χ1) is 7.51. The third kappa shape index (κ3) is 6.40. The Morgan fingerprint density at radius 1 is 1.44 bits per heavy atom. The molecule has 1 unspecified atom stereocenters. The minimum Gasteiger partial charge on any atom is -0.396 e. The lowest BCUT2D eigenvalue weighted by Crippen LogP contribution is -2.39. The van der Waals surface area contributed by atoms with Gasteiger partial charge in [0.25, 0.3) is 0 Å². The van der Waals surface area contributed by atoms with Crippen molar-refractivity contribution >= 4 is 11.8 Å². The number of likely N-dealkylation sites (N-methyl/N-ethyl adjacent to an activating group) is 1. The van der Waals surface area contributed by atoms with Crippen molar-refractivity contribution in [3.8, 4) is 0 Å². The lowest BCUT2D eigenvalue weighted by atomic mass is 10.0. The molecular weight excluding hydrogens is 208 g/mol. The molecule has 0 radical (unpaired) electrons. The second-order valence-corrected chi connectivity index (χ2v) is 3.97. The third-order valence-electron chi connectivity index (χ3n) is 2.62.